The van der Waals surface area contributed by atoms with E-state index in [1.165, 1.54) is 12.1 Å². The van der Waals surface area contributed by atoms with Crippen LogP contribution in [0.3, 0.4) is 0 Å². The molecule has 1 rings (SSSR count). The van der Waals surface area contributed by atoms with Crippen molar-refractivity contribution in [2.45, 2.75) is 24.8 Å². The van der Waals surface area contributed by atoms with Gasteiger partial charge in [0, 0.05) is 8.41 Å². The summed E-state index contributed by atoms with van der Waals surface area (Å²) < 4.78 is 25.9. The molecule has 0 saturated heterocycles. The fraction of sp³-hybridized carbons (Fsp3) is 0.364. The molecule has 0 heterocycles. The Hall–Kier alpha value is -1.34. The Balaban J connectivity index is 0.00000289. The van der Waals surface area contributed by atoms with Gasteiger partial charge >= 0.3 is 5.97 Å². The Kier molecular flexibility index (Phi) is 6.07. The standard InChI is InChI=1S/C11H15NO4S.B/c1-8(2)10(11(13)14)12-17(15,16)9-6-4-3-5-7-9;/h3-8,10,12H,1-2H3,(H,13,14);/t10-;/m1./s1. The van der Waals surface area contributed by atoms with Crippen molar-refractivity contribution >= 4 is 24.4 Å². The maximum Gasteiger partial charge on any atom is 0.322 e. The zero-order chi connectivity index (χ0) is 13.1. The average Bonchev–Trinajstić information content (AvgIpc) is 2.26. The van der Waals surface area contributed by atoms with Crippen LogP contribution < -0.4 is 4.72 Å². The molecule has 2 N–H and O–H groups in total. The number of carboxylic acids is 1. The molecule has 0 aliphatic carbocycles. The molecule has 0 aliphatic rings. The van der Waals surface area contributed by atoms with Crippen LogP contribution in [0.4, 0.5) is 0 Å². The number of aliphatic carboxylic acids is 1. The largest absolute Gasteiger partial charge is 0.480 e. The van der Waals surface area contributed by atoms with Crippen molar-refractivity contribution in [2.75, 3.05) is 0 Å². The first-order valence-corrected chi connectivity index (χ1v) is 6.63. The van der Waals surface area contributed by atoms with Crippen molar-refractivity contribution in [1.29, 1.82) is 0 Å². The second kappa shape index (κ2) is 6.56. The van der Waals surface area contributed by atoms with Crippen LogP contribution in [0.15, 0.2) is 35.2 Å². The first kappa shape index (κ1) is 16.7. The lowest BCUT2D eigenvalue weighted by molar-refractivity contribution is -0.140. The van der Waals surface area contributed by atoms with E-state index in [1.54, 1.807) is 32.0 Å². The summed E-state index contributed by atoms with van der Waals surface area (Å²) in [7, 11) is -3.78. The Morgan fingerprint density at radius 1 is 1.22 bits per heavy atom. The number of sulfonamides is 1. The van der Waals surface area contributed by atoms with Crippen LogP contribution >= 0.6 is 0 Å². The number of benzene rings is 1. The molecule has 0 saturated carbocycles. The second-order valence-electron chi connectivity index (χ2n) is 3.99. The van der Waals surface area contributed by atoms with Gasteiger partial charge in [-0.25, -0.2) is 8.42 Å². The molecule has 1 aromatic rings. The molecule has 0 aromatic heterocycles. The summed E-state index contributed by atoms with van der Waals surface area (Å²) in [6, 6.07) is 6.57. The molecule has 5 nitrogen and oxygen atoms in total. The molecule has 1 aromatic carbocycles. The van der Waals surface area contributed by atoms with Crippen molar-refractivity contribution in [3.8, 4) is 0 Å². The van der Waals surface area contributed by atoms with Crippen LogP contribution in [0, 0.1) is 5.92 Å². The lowest BCUT2D eigenvalue weighted by Crippen LogP contribution is -2.44. The van der Waals surface area contributed by atoms with E-state index in [1.807, 2.05) is 0 Å². The predicted octanol–water partition coefficient (Wildman–Crippen LogP) is 0.693. The number of carbonyl (C=O) groups is 1. The monoisotopic (exact) mass is 268 g/mol. The number of rotatable bonds is 5. The van der Waals surface area contributed by atoms with Crippen LogP contribution in [0.1, 0.15) is 13.8 Å². The van der Waals surface area contributed by atoms with Crippen LogP contribution in [0.5, 0.6) is 0 Å². The smallest absolute Gasteiger partial charge is 0.322 e. The highest BCUT2D eigenvalue weighted by atomic mass is 32.2. The van der Waals surface area contributed by atoms with Crippen LogP contribution in [-0.4, -0.2) is 33.9 Å². The third-order valence-electron chi connectivity index (χ3n) is 2.27. The molecule has 97 valence electrons. The highest BCUT2D eigenvalue weighted by molar-refractivity contribution is 7.89. The minimum atomic E-state index is -3.78. The van der Waals surface area contributed by atoms with Crippen molar-refractivity contribution in [2.24, 2.45) is 5.92 Å². The van der Waals surface area contributed by atoms with E-state index in [2.05, 4.69) is 4.72 Å². The number of nitrogens with one attached hydrogen (secondary N) is 1. The van der Waals surface area contributed by atoms with Gasteiger partial charge in [0.1, 0.15) is 6.04 Å². The van der Waals surface area contributed by atoms with Gasteiger partial charge in [0.15, 0.2) is 0 Å². The van der Waals surface area contributed by atoms with Gasteiger partial charge in [-0.3, -0.25) is 4.79 Å². The Morgan fingerprint density at radius 3 is 2.11 bits per heavy atom. The molecule has 1 atom stereocenters. The fourth-order valence-electron chi connectivity index (χ4n) is 1.31. The number of hydrogen-bond donors (Lipinski definition) is 2. The van der Waals surface area contributed by atoms with Gasteiger partial charge in [-0.05, 0) is 18.1 Å². The fourth-order valence-corrected chi connectivity index (χ4v) is 2.67. The summed E-state index contributed by atoms with van der Waals surface area (Å²) in [5.41, 5.74) is 0. The quantitative estimate of drug-likeness (QED) is 0.770. The predicted molar refractivity (Wildman–Crippen MR) is 68.8 cm³/mol. The van der Waals surface area contributed by atoms with Gasteiger partial charge < -0.3 is 5.11 Å². The van der Waals surface area contributed by atoms with Gasteiger partial charge in [0.25, 0.3) is 0 Å². The van der Waals surface area contributed by atoms with E-state index in [-0.39, 0.29) is 19.2 Å². The lowest BCUT2D eigenvalue weighted by Gasteiger charge is -2.17. The lowest BCUT2D eigenvalue weighted by atomic mass is 10.1. The maximum absolute atomic E-state index is 11.9. The summed E-state index contributed by atoms with van der Waals surface area (Å²) in [6.07, 6.45) is 0. The molecule has 7 heteroatoms. The van der Waals surface area contributed by atoms with Gasteiger partial charge in [-0.2, -0.15) is 4.72 Å². The van der Waals surface area contributed by atoms with Gasteiger partial charge in [0.05, 0.1) is 4.90 Å². The topological polar surface area (TPSA) is 83.5 Å². The molecule has 0 amide bonds. The van der Waals surface area contributed by atoms with E-state index in [0.717, 1.165) is 0 Å². The van der Waals surface area contributed by atoms with Crippen molar-refractivity contribution in [1.82, 2.24) is 4.72 Å². The average molecular weight is 268 g/mol. The summed E-state index contributed by atoms with van der Waals surface area (Å²) in [5, 5.41) is 8.93. The van der Waals surface area contributed by atoms with E-state index in [9.17, 15) is 13.2 Å². The van der Waals surface area contributed by atoms with E-state index in [0.29, 0.717) is 0 Å². The Labute approximate surface area is 109 Å². The molecular formula is C11H15BNO4S. The zero-order valence-corrected chi connectivity index (χ0v) is 11.0. The summed E-state index contributed by atoms with van der Waals surface area (Å²) >= 11 is 0. The minimum Gasteiger partial charge on any atom is -0.480 e. The van der Waals surface area contributed by atoms with Crippen LogP contribution in [-0.2, 0) is 14.8 Å². The van der Waals surface area contributed by atoms with Crippen LogP contribution in [0.2, 0.25) is 0 Å². The number of hydrogen-bond acceptors (Lipinski definition) is 3. The maximum atomic E-state index is 11.9. The van der Waals surface area contributed by atoms with Gasteiger partial charge in [0.2, 0.25) is 10.0 Å². The Bertz CT molecular complexity index is 487. The molecule has 0 aliphatic heterocycles. The van der Waals surface area contributed by atoms with Crippen molar-refractivity contribution in [3.63, 3.8) is 0 Å². The van der Waals surface area contributed by atoms with Crippen LogP contribution in [0.25, 0.3) is 0 Å². The van der Waals surface area contributed by atoms with Gasteiger partial charge in [-0.15, -0.1) is 0 Å². The first-order valence-electron chi connectivity index (χ1n) is 5.15. The van der Waals surface area contributed by atoms with E-state index >= 15 is 0 Å². The highest BCUT2D eigenvalue weighted by Crippen LogP contribution is 2.11. The van der Waals surface area contributed by atoms with E-state index in [4.69, 9.17) is 5.11 Å². The summed E-state index contributed by atoms with van der Waals surface area (Å²) in [6.45, 7) is 3.29. The number of carboxylic acid groups (broad SMARTS) is 1. The summed E-state index contributed by atoms with van der Waals surface area (Å²) in [5.74, 6) is -1.51. The normalized spacial score (nSPS) is 12.8. The molecular weight excluding hydrogens is 253 g/mol. The SMILES string of the molecule is CC(C)[C@@H](NS(=O)(=O)c1ccccc1)C(=O)O.[B]. The molecule has 0 unspecified atom stereocenters. The van der Waals surface area contributed by atoms with E-state index < -0.39 is 22.0 Å². The second-order valence-corrected chi connectivity index (χ2v) is 5.71. The molecule has 18 heavy (non-hydrogen) atoms. The van der Waals surface area contributed by atoms with Gasteiger partial charge in [-0.1, -0.05) is 32.0 Å². The summed E-state index contributed by atoms with van der Waals surface area (Å²) in [4.78, 5) is 11.0. The highest BCUT2D eigenvalue weighted by Gasteiger charge is 2.27. The zero-order valence-electron chi connectivity index (χ0n) is 10.2. The minimum absolute atomic E-state index is 0. The molecule has 0 bridgehead atoms. The van der Waals surface area contributed by atoms with Crippen molar-refractivity contribution in [3.05, 3.63) is 30.3 Å². The van der Waals surface area contributed by atoms with Crippen molar-refractivity contribution < 1.29 is 18.3 Å². The third kappa shape index (κ3) is 4.16. The molecule has 0 fully saturated rings. The molecule has 0 spiro atoms. The third-order valence-corrected chi connectivity index (χ3v) is 3.73. The first-order chi connectivity index (χ1) is 7.84. The Morgan fingerprint density at radius 2 is 1.72 bits per heavy atom. The molecule has 3 radical (unpaired) electrons.